The molecule has 1 fully saturated rings. The van der Waals surface area contributed by atoms with Gasteiger partial charge in [0.2, 0.25) is 5.91 Å². The number of hydrogen-bond donors (Lipinski definition) is 1. The molecular formula is C16H18F6N2O2. The first kappa shape index (κ1) is 20.5. The Morgan fingerprint density at radius 3 is 1.92 bits per heavy atom. The van der Waals surface area contributed by atoms with Gasteiger partial charge in [0, 0.05) is 18.8 Å². The summed E-state index contributed by atoms with van der Waals surface area (Å²) >= 11 is 0. The van der Waals surface area contributed by atoms with Crippen molar-refractivity contribution < 1.29 is 35.9 Å². The fourth-order valence-corrected chi connectivity index (χ4v) is 2.84. The number of amides is 1. The van der Waals surface area contributed by atoms with Crippen molar-refractivity contribution in [2.45, 2.75) is 38.4 Å². The van der Waals surface area contributed by atoms with Crippen LogP contribution in [0, 0.1) is 0 Å². The van der Waals surface area contributed by atoms with Gasteiger partial charge in [-0.15, -0.1) is 0 Å². The molecular weight excluding hydrogens is 366 g/mol. The molecule has 146 valence electrons. The number of anilines is 1. The SMILES string of the molecule is C[C@H]1CN(CC(=O)Nc2cc(C(F)(F)F)cc(C(F)(F)F)c2)C[C@H](C)O1. The lowest BCUT2D eigenvalue weighted by molar-refractivity contribution is -0.143. The second-order valence-electron chi connectivity index (χ2n) is 6.29. The van der Waals surface area contributed by atoms with Crippen molar-refractivity contribution >= 4 is 11.6 Å². The summed E-state index contributed by atoms with van der Waals surface area (Å²) in [5.41, 5.74) is -3.50. The summed E-state index contributed by atoms with van der Waals surface area (Å²) in [7, 11) is 0. The third kappa shape index (κ3) is 5.60. The molecule has 0 saturated carbocycles. The number of carbonyl (C=O) groups excluding carboxylic acids is 1. The fraction of sp³-hybridized carbons (Fsp3) is 0.562. The number of ether oxygens (including phenoxy) is 1. The van der Waals surface area contributed by atoms with E-state index in [0.717, 1.165) is 0 Å². The number of halogens is 6. The Morgan fingerprint density at radius 1 is 1.04 bits per heavy atom. The number of alkyl halides is 6. The van der Waals surface area contributed by atoms with Crippen LogP contribution < -0.4 is 5.32 Å². The Hall–Kier alpha value is -1.81. The third-order valence-electron chi connectivity index (χ3n) is 3.73. The van der Waals surface area contributed by atoms with Gasteiger partial charge in [-0.3, -0.25) is 9.69 Å². The highest BCUT2D eigenvalue weighted by Crippen LogP contribution is 2.37. The van der Waals surface area contributed by atoms with Gasteiger partial charge < -0.3 is 10.1 Å². The highest BCUT2D eigenvalue weighted by atomic mass is 19.4. The zero-order valence-electron chi connectivity index (χ0n) is 14.0. The van der Waals surface area contributed by atoms with Crippen molar-refractivity contribution in [3.8, 4) is 0 Å². The van der Waals surface area contributed by atoms with Crippen LogP contribution in [0.15, 0.2) is 18.2 Å². The summed E-state index contributed by atoms with van der Waals surface area (Å²) < 4.78 is 82.5. The molecule has 0 bridgehead atoms. The molecule has 1 heterocycles. The van der Waals surface area contributed by atoms with E-state index in [1.54, 1.807) is 4.90 Å². The molecule has 1 saturated heterocycles. The van der Waals surface area contributed by atoms with Crippen LogP contribution in [-0.2, 0) is 21.9 Å². The van der Waals surface area contributed by atoms with Crippen molar-refractivity contribution in [3.63, 3.8) is 0 Å². The summed E-state index contributed by atoms with van der Waals surface area (Å²) in [6.45, 7) is 4.34. The quantitative estimate of drug-likeness (QED) is 0.807. The maximum Gasteiger partial charge on any atom is 0.416 e. The van der Waals surface area contributed by atoms with Crippen LogP contribution in [0.2, 0.25) is 0 Å². The first-order valence-electron chi connectivity index (χ1n) is 7.81. The molecule has 1 amide bonds. The second kappa shape index (κ2) is 7.43. The largest absolute Gasteiger partial charge is 0.416 e. The van der Waals surface area contributed by atoms with E-state index in [0.29, 0.717) is 25.2 Å². The molecule has 0 radical (unpaired) electrons. The Morgan fingerprint density at radius 2 is 1.50 bits per heavy atom. The Labute approximate surface area is 146 Å². The lowest BCUT2D eigenvalue weighted by atomic mass is 10.1. The summed E-state index contributed by atoms with van der Waals surface area (Å²) in [4.78, 5) is 13.8. The summed E-state index contributed by atoms with van der Waals surface area (Å²) in [6, 6.07) is 0.983. The molecule has 1 aromatic rings. The number of nitrogens with zero attached hydrogens (tertiary/aromatic N) is 1. The van der Waals surface area contributed by atoms with Crippen LogP contribution in [0.5, 0.6) is 0 Å². The Balaban J connectivity index is 2.16. The molecule has 0 unspecified atom stereocenters. The van der Waals surface area contributed by atoms with Gasteiger partial charge in [0.05, 0.1) is 29.9 Å². The molecule has 1 aromatic carbocycles. The number of carbonyl (C=O) groups is 1. The summed E-state index contributed by atoms with van der Waals surface area (Å²) in [5.74, 6) is -0.696. The van der Waals surface area contributed by atoms with Crippen LogP contribution in [0.1, 0.15) is 25.0 Å². The minimum absolute atomic E-state index is 0.0149. The zero-order valence-corrected chi connectivity index (χ0v) is 14.0. The summed E-state index contributed by atoms with van der Waals surface area (Å²) in [5, 5.41) is 2.12. The molecule has 0 spiro atoms. The van der Waals surface area contributed by atoms with Crippen molar-refractivity contribution in [3.05, 3.63) is 29.3 Å². The number of rotatable bonds is 3. The third-order valence-corrected chi connectivity index (χ3v) is 3.73. The van der Waals surface area contributed by atoms with Crippen LogP contribution in [0.25, 0.3) is 0 Å². The van der Waals surface area contributed by atoms with Gasteiger partial charge in [0.15, 0.2) is 0 Å². The number of hydrogen-bond acceptors (Lipinski definition) is 3. The van der Waals surface area contributed by atoms with E-state index in [-0.39, 0.29) is 24.8 Å². The minimum Gasteiger partial charge on any atom is -0.373 e. The minimum atomic E-state index is -4.96. The first-order chi connectivity index (χ1) is 11.8. The fourth-order valence-electron chi connectivity index (χ4n) is 2.84. The average Bonchev–Trinajstić information content (AvgIpc) is 2.43. The van der Waals surface area contributed by atoms with E-state index in [2.05, 4.69) is 5.32 Å². The molecule has 1 aliphatic heterocycles. The lowest BCUT2D eigenvalue weighted by Crippen LogP contribution is -2.48. The smallest absolute Gasteiger partial charge is 0.373 e. The standard InChI is InChI=1S/C16H18F6N2O2/c1-9-6-24(7-10(2)26-9)8-14(25)23-13-4-11(15(17,18)19)3-12(5-13)16(20,21)22/h3-5,9-10H,6-8H2,1-2H3,(H,23,25)/t9-,10-/m0/s1. The van der Waals surface area contributed by atoms with Crippen LogP contribution >= 0.6 is 0 Å². The van der Waals surface area contributed by atoms with Crippen molar-refractivity contribution in [2.75, 3.05) is 25.0 Å². The van der Waals surface area contributed by atoms with Crippen molar-refractivity contribution in [1.82, 2.24) is 4.90 Å². The van der Waals surface area contributed by atoms with Gasteiger partial charge in [0.1, 0.15) is 0 Å². The maximum atomic E-state index is 12.8. The van der Waals surface area contributed by atoms with Crippen molar-refractivity contribution in [1.29, 1.82) is 0 Å². The van der Waals surface area contributed by atoms with Gasteiger partial charge in [-0.2, -0.15) is 26.3 Å². The Bertz CT molecular complexity index is 617. The predicted octanol–water partition coefficient (Wildman–Crippen LogP) is 3.77. The number of benzene rings is 1. The number of morpholine rings is 1. The van der Waals surface area contributed by atoms with Crippen LogP contribution in [-0.4, -0.2) is 42.6 Å². The predicted molar refractivity (Wildman–Crippen MR) is 81.5 cm³/mol. The van der Waals surface area contributed by atoms with Crippen LogP contribution in [0.4, 0.5) is 32.0 Å². The highest BCUT2D eigenvalue weighted by molar-refractivity contribution is 5.92. The molecule has 1 aliphatic rings. The zero-order chi connectivity index (χ0) is 19.7. The average molecular weight is 384 g/mol. The normalized spacial score (nSPS) is 22.3. The molecule has 0 aromatic heterocycles. The van der Waals surface area contributed by atoms with E-state index in [9.17, 15) is 31.1 Å². The van der Waals surface area contributed by atoms with E-state index >= 15 is 0 Å². The van der Waals surface area contributed by atoms with E-state index in [1.165, 1.54) is 0 Å². The van der Waals surface area contributed by atoms with Crippen LogP contribution in [0.3, 0.4) is 0 Å². The van der Waals surface area contributed by atoms with E-state index in [4.69, 9.17) is 4.74 Å². The van der Waals surface area contributed by atoms with Gasteiger partial charge in [0.25, 0.3) is 0 Å². The molecule has 4 nitrogen and oxygen atoms in total. The molecule has 2 atom stereocenters. The monoisotopic (exact) mass is 384 g/mol. The molecule has 10 heteroatoms. The van der Waals surface area contributed by atoms with Gasteiger partial charge >= 0.3 is 12.4 Å². The van der Waals surface area contributed by atoms with Gasteiger partial charge in [-0.05, 0) is 32.0 Å². The molecule has 1 N–H and O–H groups in total. The Kier molecular flexibility index (Phi) is 5.86. The molecule has 26 heavy (non-hydrogen) atoms. The first-order valence-corrected chi connectivity index (χ1v) is 7.81. The van der Waals surface area contributed by atoms with Gasteiger partial charge in [-0.1, -0.05) is 0 Å². The molecule has 0 aliphatic carbocycles. The lowest BCUT2D eigenvalue weighted by Gasteiger charge is -2.34. The summed E-state index contributed by atoms with van der Waals surface area (Å²) in [6.07, 6.45) is -10.2. The van der Waals surface area contributed by atoms with E-state index < -0.39 is 35.1 Å². The second-order valence-corrected chi connectivity index (χ2v) is 6.29. The van der Waals surface area contributed by atoms with E-state index in [1.807, 2.05) is 13.8 Å². The topological polar surface area (TPSA) is 41.6 Å². The van der Waals surface area contributed by atoms with Gasteiger partial charge in [-0.25, -0.2) is 0 Å². The van der Waals surface area contributed by atoms with Crippen molar-refractivity contribution in [2.24, 2.45) is 0 Å². The molecule has 2 rings (SSSR count). The highest BCUT2D eigenvalue weighted by Gasteiger charge is 2.37. The number of nitrogens with one attached hydrogen (secondary N) is 1. The maximum absolute atomic E-state index is 12.8.